The van der Waals surface area contributed by atoms with Crippen molar-refractivity contribution in [3.63, 3.8) is 0 Å². The summed E-state index contributed by atoms with van der Waals surface area (Å²) >= 11 is 0. The van der Waals surface area contributed by atoms with Gasteiger partial charge in [-0.25, -0.2) is 0 Å². The first kappa shape index (κ1) is 14.7. The molecule has 0 aromatic heterocycles. The molecule has 1 saturated heterocycles. The van der Waals surface area contributed by atoms with E-state index in [1.54, 1.807) is 0 Å². The molecule has 1 aliphatic heterocycles. The zero-order chi connectivity index (χ0) is 15.9. The predicted molar refractivity (Wildman–Crippen MR) is 87.9 cm³/mol. The number of hydrogen-bond donors (Lipinski definition) is 0. The number of hydrogen-bond acceptors (Lipinski definition) is 2. The minimum atomic E-state index is -0.302. The van der Waals surface area contributed by atoms with E-state index >= 15 is 0 Å². The second kappa shape index (κ2) is 5.66. The summed E-state index contributed by atoms with van der Waals surface area (Å²) in [4.78, 5) is 29.2. The molecule has 0 radical (unpaired) electrons. The zero-order valence-electron chi connectivity index (χ0n) is 13.5. The van der Waals surface area contributed by atoms with Gasteiger partial charge < -0.3 is 9.80 Å². The van der Waals surface area contributed by atoms with Crippen LogP contribution in [0, 0.1) is 5.92 Å². The van der Waals surface area contributed by atoms with Gasteiger partial charge in [-0.1, -0.05) is 36.8 Å². The summed E-state index contributed by atoms with van der Waals surface area (Å²) in [7, 11) is 0. The molecule has 2 saturated carbocycles. The maximum Gasteiger partial charge on any atom is 0.233 e. The van der Waals surface area contributed by atoms with Crippen LogP contribution in [-0.2, 0) is 15.0 Å². The molecule has 23 heavy (non-hydrogen) atoms. The highest BCUT2D eigenvalue weighted by atomic mass is 16.2. The summed E-state index contributed by atoms with van der Waals surface area (Å²) in [6.07, 6.45) is 5.14. The number of piperazine rings is 1. The molecule has 1 heterocycles. The van der Waals surface area contributed by atoms with Crippen LogP contribution < -0.4 is 0 Å². The molecule has 0 N–H and O–H groups in total. The van der Waals surface area contributed by atoms with Crippen molar-refractivity contribution in [3.05, 3.63) is 35.9 Å². The smallest absolute Gasteiger partial charge is 0.233 e. The van der Waals surface area contributed by atoms with Crippen LogP contribution >= 0.6 is 0 Å². The molecule has 2 aliphatic carbocycles. The average Bonchev–Trinajstić information content (AvgIpc) is 3.39. The van der Waals surface area contributed by atoms with Gasteiger partial charge in [0.15, 0.2) is 0 Å². The standard InChI is InChI=1S/C19H24N2O2/c22-17(15-7-8-15)20-11-13-21(14-12-20)18(23)19(9-4-10-19)16-5-2-1-3-6-16/h1-3,5-6,15H,4,7-14H2. The number of carbonyl (C=O) groups excluding carboxylic acids is 2. The third-order valence-corrected chi connectivity index (χ3v) is 5.75. The average molecular weight is 312 g/mol. The van der Waals surface area contributed by atoms with Crippen molar-refractivity contribution >= 4 is 11.8 Å². The van der Waals surface area contributed by atoms with Crippen molar-refractivity contribution in [3.8, 4) is 0 Å². The second-order valence-corrected chi connectivity index (χ2v) is 7.19. The lowest BCUT2D eigenvalue weighted by atomic mass is 9.63. The van der Waals surface area contributed by atoms with Crippen LogP contribution in [-0.4, -0.2) is 47.8 Å². The highest BCUT2D eigenvalue weighted by molar-refractivity contribution is 5.89. The van der Waals surface area contributed by atoms with Gasteiger partial charge in [0.1, 0.15) is 0 Å². The normalized spacial score (nSPS) is 23.3. The van der Waals surface area contributed by atoms with Crippen LogP contribution in [0.4, 0.5) is 0 Å². The Bertz CT molecular complexity index is 597. The van der Waals surface area contributed by atoms with Crippen molar-refractivity contribution in [2.45, 2.75) is 37.5 Å². The van der Waals surface area contributed by atoms with E-state index in [-0.39, 0.29) is 17.2 Å². The van der Waals surface area contributed by atoms with E-state index in [0.717, 1.165) is 37.7 Å². The fraction of sp³-hybridized carbons (Fsp3) is 0.579. The minimum absolute atomic E-state index is 0.272. The zero-order valence-corrected chi connectivity index (χ0v) is 13.5. The summed E-state index contributed by atoms with van der Waals surface area (Å²) < 4.78 is 0. The molecule has 0 spiro atoms. The molecule has 2 amide bonds. The van der Waals surface area contributed by atoms with Gasteiger partial charge in [0, 0.05) is 32.1 Å². The lowest BCUT2D eigenvalue weighted by molar-refractivity contribution is -0.146. The Labute approximate surface area is 137 Å². The summed E-state index contributed by atoms with van der Waals surface area (Å²) in [6.45, 7) is 2.77. The van der Waals surface area contributed by atoms with E-state index < -0.39 is 0 Å². The van der Waals surface area contributed by atoms with Crippen LogP contribution in [0.25, 0.3) is 0 Å². The SMILES string of the molecule is O=C(C1CC1)N1CCN(C(=O)C2(c3ccccc3)CCC2)CC1. The molecule has 4 heteroatoms. The molecule has 0 atom stereocenters. The van der Waals surface area contributed by atoms with Crippen molar-refractivity contribution in [1.82, 2.24) is 9.80 Å². The fourth-order valence-corrected chi connectivity index (χ4v) is 3.93. The molecule has 4 nitrogen and oxygen atoms in total. The highest BCUT2D eigenvalue weighted by Crippen LogP contribution is 2.45. The Balaban J connectivity index is 1.44. The molecular weight excluding hydrogens is 288 g/mol. The number of carbonyl (C=O) groups is 2. The van der Waals surface area contributed by atoms with Gasteiger partial charge in [-0.15, -0.1) is 0 Å². The van der Waals surface area contributed by atoms with Crippen molar-refractivity contribution in [2.24, 2.45) is 5.92 Å². The van der Waals surface area contributed by atoms with Crippen molar-refractivity contribution in [1.29, 1.82) is 0 Å². The topological polar surface area (TPSA) is 40.6 Å². The third-order valence-electron chi connectivity index (χ3n) is 5.75. The first-order valence-electron chi connectivity index (χ1n) is 8.84. The lowest BCUT2D eigenvalue weighted by Crippen LogP contribution is -2.57. The van der Waals surface area contributed by atoms with Gasteiger partial charge in [-0.3, -0.25) is 9.59 Å². The number of benzene rings is 1. The molecule has 1 aromatic carbocycles. The quantitative estimate of drug-likeness (QED) is 0.858. The largest absolute Gasteiger partial charge is 0.339 e. The maximum absolute atomic E-state index is 13.1. The summed E-state index contributed by atoms with van der Waals surface area (Å²) in [5.41, 5.74) is 0.858. The summed E-state index contributed by atoms with van der Waals surface area (Å²) in [6, 6.07) is 10.2. The molecule has 1 aromatic rings. The van der Waals surface area contributed by atoms with E-state index in [2.05, 4.69) is 12.1 Å². The van der Waals surface area contributed by atoms with Crippen LogP contribution in [0.5, 0.6) is 0 Å². The first-order valence-corrected chi connectivity index (χ1v) is 8.84. The van der Waals surface area contributed by atoms with Gasteiger partial charge in [-0.05, 0) is 31.2 Å². The minimum Gasteiger partial charge on any atom is -0.339 e. The van der Waals surface area contributed by atoms with E-state index in [0.29, 0.717) is 32.1 Å². The Kier molecular flexibility index (Phi) is 3.63. The maximum atomic E-state index is 13.1. The fourth-order valence-electron chi connectivity index (χ4n) is 3.93. The van der Waals surface area contributed by atoms with Crippen LogP contribution in [0.1, 0.15) is 37.7 Å². The molecule has 122 valence electrons. The molecule has 0 bridgehead atoms. The van der Waals surface area contributed by atoms with Crippen LogP contribution in [0.3, 0.4) is 0 Å². The van der Waals surface area contributed by atoms with Crippen molar-refractivity contribution in [2.75, 3.05) is 26.2 Å². The van der Waals surface area contributed by atoms with Gasteiger partial charge in [0.25, 0.3) is 0 Å². The van der Waals surface area contributed by atoms with Gasteiger partial charge in [-0.2, -0.15) is 0 Å². The highest BCUT2D eigenvalue weighted by Gasteiger charge is 2.48. The molecule has 4 rings (SSSR count). The molecular formula is C19H24N2O2. The Morgan fingerprint density at radius 1 is 0.913 bits per heavy atom. The van der Waals surface area contributed by atoms with Crippen molar-refractivity contribution < 1.29 is 9.59 Å². The molecule has 0 unspecified atom stereocenters. The van der Waals surface area contributed by atoms with Gasteiger partial charge in [0.05, 0.1) is 5.41 Å². The Hall–Kier alpha value is -1.84. The Morgan fingerprint density at radius 3 is 2.04 bits per heavy atom. The lowest BCUT2D eigenvalue weighted by Gasteiger charge is -2.46. The number of nitrogens with zero attached hydrogens (tertiary/aromatic N) is 2. The second-order valence-electron chi connectivity index (χ2n) is 7.19. The van der Waals surface area contributed by atoms with Crippen LogP contribution in [0.15, 0.2) is 30.3 Å². The predicted octanol–water partition coefficient (Wildman–Crippen LogP) is 2.19. The summed E-state index contributed by atoms with van der Waals surface area (Å²) in [5.74, 6) is 0.853. The van der Waals surface area contributed by atoms with Gasteiger partial charge in [0.2, 0.25) is 11.8 Å². The van der Waals surface area contributed by atoms with E-state index in [9.17, 15) is 9.59 Å². The number of rotatable bonds is 3. The molecule has 3 fully saturated rings. The van der Waals surface area contributed by atoms with E-state index in [1.807, 2.05) is 28.0 Å². The monoisotopic (exact) mass is 312 g/mol. The number of amides is 2. The van der Waals surface area contributed by atoms with Gasteiger partial charge >= 0.3 is 0 Å². The first-order chi connectivity index (χ1) is 11.2. The van der Waals surface area contributed by atoms with Crippen LogP contribution in [0.2, 0.25) is 0 Å². The molecule has 3 aliphatic rings. The van der Waals surface area contributed by atoms with E-state index in [4.69, 9.17) is 0 Å². The van der Waals surface area contributed by atoms with E-state index in [1.165, 1.54) is 0 Å². The third kappa shape index (κ3) is 2.54. The summed E-state index contributed by atoms with van der Waals surface area (Å²) in [5, 5.41) is 0. The Morgan fingerprint density at radius 2 is 1.52 bits per heavy atom.